The van der Waals surface area contributed by atoms with Crippen LogP contribution in [0.2, 0.25) is 0 Å². The predicted molar refractivity (Wildman–Crippen MR) is 138 cm³/mol. The molecule has 0 radical (unpaired) electrons. The molecule has 0 amide bonds. The van der Waals surface area contributed by atoms with Crippen LogP contribution >= 0.6 is 12.0 Å². The molecule has 1 aromatic rings. The van der Waals surface area contributed by atoms with Crippen molar-refractivity contribution >= 4 is 17.6 Å². The summed E-state index contributed by atoms with van der Waals surface area (Å²) in [5, 5.41) is 4.67. The Bertz CT molecular complexity index is 942. The van der Waals surface area contributed by atoms with E-state index in [1.54, 1.807) is 16.8 Å². The summed E-state index contributed by atoms with van der Waals surface area (Å²) in [5.41, 5.74) is 1.81. The third-order valence-corrected chi connectivity index (χ3v) is 5.64. The number of allylic oxidation sites excluding steroid dienone is 9. The lowest BCUT2D eigenvalue weighted by molar-refractivity contribution is -0.0929. The predicted octanol–water partition coefficient (Wildman–Crippen LogP) is 6.32. The molecular weight excluding hydrogens is 475 g/mol. The van der Waals surface area contributed by atoms with Crippen molar-refractivity contribution in [1.82, 2.24) is 14.7 Å². The summed E-state index contributed by atoms with van der Waals surface area (Å²) in [4.78, 5) is 2.31. The van der Waals surface area contributed by atoms with Crippen LogP contribution in [-0.4, -0.2) is 60.0 Å². The smallest absolute Gasteiger partial charge is 0.379 e. The van der Waals surface area contributed by atoms with Crippen molar-refractivity contribution in [2.75, 3.05) is 39.1 Å². The van der Waals surface area contributed by atoms with Gasteiger partial charge in [0.05, 0.1) is 30.6 Å². The van der Waals surface area contributed by atoms with E-state index in [9.17, 15) is 13.2 Å². The van der Waals surface area contributed by atoms with E-state index in [0.29, 0.717) is 6.61 Å². The van der Waals surface area contributed by atoms with Crippen LogP contribution < -0.4 is 0 Å². The molecule has 1 fully saturated rings. The van der Waals surface area contributed by atoms with E-state index >= 15 is 0 Å². The van der Waals surface area contributed by atoms with Gasteiger partial charge in [-0.2, -0.15) is 18.3 Å². The number of morpholine rings is 1. The van der Waals surface area contributed by atoms with Gasteiger partial charge in [0.15, 0.2) is 0 Å². The maximum atomic E-state index is 13.2. The van der Waals surface area contributed by atoms with Gasteiger partial charge in [0.2, 0.25) is 0 Å². The first-order valence-electron chi connectivity index (χ1n) is 11.4. The lowest BCUT2D eigenvalue weighted by Gasteiger charge is -2.25. The molecule has 0 aromatic carbocycles. The van der Waals surface area contributed by atoms with Crippen LogP contribution in [-0.2, 0) is 15.5 Å². The zero-order valence-electron chi connectivity index (χ0n) is 20.3. The van der Waals surface area contributed by atoms with Crippen molar-refractivity contribution in [2.24, 2.45) is 0 Å². The Kier molecular flexibility index (Phi) is 12.3. The number of ether oxygens (including phenoxy) is 1. The zero-order chi connectivity index (χ0) is 25.7. The molecular formula is C26H34F3N3O2S. The molecule has 9 heteroatoms. The number of aromatic nitrogens is 2. The number of rotatable bonds is 13. The van der Waals surface area contributed by atoms with E-state index < -0.39 is 11.7 Å². The number of hydrogen-bond donors (Lipinski definition) is 0. The summed E-state index contributed by atoms with van der Waals surface area (Å²) < 4.78 is 52.1. The highest BCUT2D eigenvalue weighted by Crippen LogP contribution is 2.29. The van der Waals surface area contributed by atoms with Crippen LogP contribution in [0.1, 0.15) is 30.8 Å². The lowest BCUT2D eigenvalue weighted by Crippen LogP contribution is -2.36. The Morgan fingerprint density at radius 1 is 1.23 bits per heavy atom. The average molecular weight is 510 g/mol. The minimum Gasteiger partial charge on any atom is -0.379 e. The Morgan fingerprint density at radius 2 is 1.94 bits per heavy atom. The molecule has 1 aliphatic rings. The Labute approximate surface area is 210 Å². The molecule has 0 spiro atoms. The molecule has 1 aliphatic heterocycles. The fourth-order valence-electron chi connectivity index (χ4n) is 3.52. The van der Waals surface area contributed by atoms with Gasteiger partial charge in [-0.25, -0.2) is 0 Å². The molecule has 1 unspecified atom stereocenters. The van der Waals surface area contributed by atoms with E-state index in [4.69, 9.17) is 8.92 Å². The molecule has 2 rings (SSSR count). The minimum atomic E-state index is -4.40. The van der Waals surface area contributed by atoms with E-state index in [1.165, 1.54) is 18.1 Å². The largest absolute Gasteiger partial charge is 0.412 e. The Balaban J connectivity index is 2.27. The molecule has 0 aliphatic carbocycles. The van der Waals surface area contributed by atoms with Gasteiger partial charge < -0.3 is 8.92 Å². The molecule has 0 N–H and O–H groups in total. The molecule has 2 heterocycles. The van der Waals surface area contributed by atoms with Crippen molar-refractivity contribution in [3.05, 3.63) is 84.8 Å². The van der Waals surface area contributed by atoms with Crippen LogP contribution in [0.4, 0.5) is 13.2 Å². The highest BCUT2D eigenvalue weighted by atomic mass is 32.2. The van der Waals surface area contributed by atoms with Gasteiger partial charge in [-0.15, -0.1) is 0 Å². The molecule has 35 heavy (non-hydrogen) atoms. The standard InChI is InChI=1S/C26H34F3N3O2S/c1-5-9-22(12-8-14-31-15-17-33-18-16-31)25-19-24(20-34-35-4)30-32(25)21(3)11-7-13-23(10-6-2)26(27,28)29/h5-12,19,21H,1-2,13-18,20H2,3-4H3/b11-7-,12-8-,22-9+,23-10+. The van der Waals surface area contributed by atoms with Crippen LogP contribution in [0.25, 0.3) is 5.57 Å². The molecule has 0 bridgehead atoms. The maximum Gasteiger partial charge on any atom is 0.412 e. The first-order chi connectivity index (χ1) is 16.8. The van der Waals surface area contributed by atoms with Gasteiger partial charge in [0.25, 0.3) is 0 Å². The fourth-order valence-corrected chi connectivity index (χ4v) is 3.76. The summed E-state index contributed by atoms with van der Waals surface area (Å²) in [6.07, 6.45) is 10.3. The first kappa shape index (κ1) is 28.9. The van der Waals surface area contributed by atoms with Crippen LogP contribution in [0.15, 0.2) is 73.4 Å². The summed E-state index contributed by atoms with van der Waals surface area (Å²) >= 11 is 1.25. The van der Waals surface area contributed by atoms with Crippen molar-refractivity contribution in [2.45, 2.75) is 32.2 Å². The van der Waals surface area contributed by atoms with Gasteiger partial charge in [0.1, 0.15) is 6.61 Å². The number of alkyl halides is 3. The monoisotopic (exact) mass is 509 g/mol. The number of halogens is 3. The van der Waals surface area contributed by atoms with Gasteiger partial charge in [-0.3, -0.25) is 9.58 Å². The van der Waals surface area contributed by atoms with Gasteiger partial charge in [0, 0.05) is 31.5 Å². The number of hydrogen-bond acceptors (Lipinski definition) is 5. The molecule has 5 nitrogen and oxygen atoms in total. The van der Waals surface area contributed by atoms with Gasteiger partial charge >= 0.3 is 6.18 Å². The molecule has 1 saturated heterocycles. The Morgan fingerprint density at radius 3 is 2.57 bits per heavy atom. The van der Waals surface area contributed by atoms with E-state index in [1.807, 2.05) is 31.4 Å². The normalized spacial score (nSPS) is 17.4. The SMILES string of the molecule is C=C/C=C(\C=C/CN1CCOCC1)c1cc(COSC)nn1C(C)/C=C\C/C(=C\C=C)C(F)(F)F. The van der Waals surface area contributed by atoms with Gasteiger partial charge in [-0.05, 0) is 37.0 Å². The van der Waals surface area contributed by atoms with Crippen LogP contribution in [0.5, 0.6) is 0 Å². The second kappa shape index (κ2) is 14.9. The van der Waals surface area contributed by atoms with Crippen molar-refractivity contribution in [3.63, 3.8) is 0 Å². The van der Waals surface area contributed by atoms with E-state index in [0.717, 1.165) is 62.0 Å². The van der Waals surface area contributed by atoms with Crippen molar-refractivity contribution in [1.29, 1.82) is 0 Å². The molecule has 1 atom stereocenters. The second-order valence-electron chi connectivity index (χ2n) is 7.87. The fraction of sp³-hybridized carbons (Fsp3) is 0.423. The molecule has 1 aromatic heterocycles. The molecule has 0 saturated carbocycles. The third kappa shape index (κ3) is 9.68. The van der Waals surface area contributed by atoms with Crippen molar-refractivity contribution < 1.29 is 22.1 Å². The second-order valence-corrected chi connectivity index (χ2v) is 8.43. The average Bonchev–Trinajstić information content (AvgIpc) is 3.26. The topological polar surface area (TPSA) is 39.5 Å². The quantitative estimate of drug-likeness (QED) is 0.177. The minimum absolute atomic E-state index is 0.242. The van der Waals surface area contributed by atoms with E-state index in [-0.39, 0.29) is 12.5 Å². The van der Waals surface area contributed by atoms with Crippen LogP contribution in [0, 0.1) is 0 Å². The first-order valence-corrected chi connectivity index (χ1v) is 12.5. The molecule has 192 valence electrons. The van der Waals surface area contributed by atoms with Crippen LogP contribution in [0.3, 0.4) is 0 Å². The lowest BCUT2D eigenvalue weighted by atomic mass is 10.1. The van der Waals surface area contributed by atoms with Gasteiger partial charge in [-0.1, -0.05) is 61.8 Å². The summed E-state index contributed by atoms with van der Waals surface area (Å²) in [7, 11) is 0. The maximum absolute atomic E-state index is 13.2. The van der Waals surface area contributed by atoms with Crippen molar-refractivity contribution in [3.8, 4) is 0 Å². The highest BCUT2D eigenvalue weighted by Gasteiger charge is 2.31. The summed E-state index contributed by atoms with van der Waals surface area (Å²) in [6.45, 7) is 13.5. The highest BCUT2D eigenvalue weighted by molar-refractivity contribution is 7.93. The van der Waals surface area contributed by atoms with E-state index in [2.05, 4.69) is 29.2 Å². The Hall–Kier alpha value is -2.33. The zero-order valence-corrected chi connectivity index (χ0v) is 21.2. The summed E-state index contributed by atoms with van der Waals surface area (Å²) in [5.74, 6) is 0. The number of nitrogens with zero attached hydrogens (tertiary/aromatic N) is 3. The summed E-state index contributed by atoms with van der Waals surface area (Å²) in [6, 6.07) is 1.65. The third-order valence-electron chi connectivity index (χ3n) is 5.29.